The number of carbonyl (C=O) groups is 6. The maximum atomic E-state index is 15.5. The third kappa shape index (κ3) is 8.65. The number of rotatable bonds is 11. The molecule has 0 radical (unpaired) electrons. The van der Waals surface area contributed by atoms with E-state index < -0.39 is 70.2 Å². The number of hydrogen-bond acceptors (Lipinski definition) is 10. The van der Waals surface area contributed by atoms with Gasteiger partial charge in [-0.1, -0.05) is 12.1 Å². The Kier molecular flexibility index (Phi) is 12.0. The number of anilines is 3. The minimum atomic E-state index is -5.01. The summed E-state index contributed by atoms with van der Waals surface area (Å²) in [6, 6.07) is 12.3. The van der Waals surface area contributed by atoms with Gasteiger partial charge in [-0.3, -0.25) is 48.7 Å². The molecule has 0 bridgehead atoms. The zero-order chi connectivity index (χ0) is 44.6. The van der Waals surface area contributed by atoms with Crippen LogP contribution < -0.4 is 31.7 Å². The number of halogens is 4. The summed E-state index contributed by atoms with van der Waals surface area (Å²) in [5.74, 6) is -4.92. The normalized spacial score (nSPS) is 19.3. The summed E-state index contributed by atoms with van der Waals surface area (Å²) in [6.07, 6.45) is -3.97. The summed E-state index contributed by atoms with van der Waals surface area (Å²) in [7, 11) is 1.97. The number of aromatic nitrogens is 1. The van der Waals surface area contributed by atoms with E-state index in [4.69, 9.17) is 0 Å². The first kappa shape index (κ1) is 43.2. The number of likely N-dealkylation sites (N-methyl/N-ethyl adjacent to an activating group) is 1. The van der Waals surface area contributed by atoms with E-state index in [1.807, 2.05) is 25.8 Å². The molecule has 7 rings (SSSR count). The van der Waals surface area contributed by atoms with Crippen LogP contribution in [-0.2, 0) is 15.8 Å². The van der Waals surface area contributed by atoms with Crippen molar-refractivity contribution in [3.8, 4) is 11.1 Å². The van der Waals surface area contributed by atoms with Crippen molar-refractivity contribution in [1.82, 2.24) is 25.4 Å². The minimum absolute atomic E-state index is 0.0120. The highest BCUT2D eigenvalue weighted by atomic mass is 19.4. The van der Waals surface area contributed by atoms with E-state index in [1.54, 1.807) is 24.3 Å². The number of aromatic amines is 1. The standard InChI is InChI=1S/C43H42F4N8O7/c1-22-20-54(21-23(2)53(22)3)33-11-9-24(17-32(33)51-39(59)28-19-50-36(57)18-29(28)43(45,46)47)27-16-25(8-10-30(27)44)38(58)49-15-5-14-48-31-7-4-6-26-37(31)42(62)55(41(26)61)34-12-13-35(56)52-40(34)60/h4,6-11,16-19,22-23,34,48H,5,12-15,20-21H2,1-3H3,(H,49,58)(H,50,57)(H,51,59)(H,52,56,60)/t22-,23+,34?. The van der Waals surface area contributed by atoms with Gasteiger partial charge in [0.1, 0.15) is 11.9 Å². The minimum Gasteiger partial charge on any atom is -0.384 e. The molecule has 2 saturated heterocycles. The maximum Gasteiger partial charge on any atom is 0.417 e. The lowest BCUT2D eigenvalue weighted by Crippen LogP contribution is -2.55. The van der Waals surface area contributed by atoms with Crippen molar-refractivity contribution in [2.24, 2.45) is 0 Å². The van der Waals surface area contributed by atoms with Crippen molar-refractivity contribution in [1.29, 1.82) is 0 Å². The number of piperidine rings is 1. The number of imide groups is 2. The molecular weight excluding hydrogens is 817 g/mol. The van der Waals surface area contributed by atoms with Crippen LogP contribution >= 0.6 is 0 Å². The molecule has 324 valence electrons. The molecule has 1 aromatic heterocycles. The molecule has 3 atom stereocenters. The number of pyridine rings is 1. The maximum absolute atomic E-state index is 15.5. The second-order valence-electron chi connectivity index (χ2n) is 15.5. The number of hydrogen-bond donors (Lipinski definition) is 5. The summed E-state index contributed by atoms with van der Waals surface area (Å²) < 4.78 is 57.3. The Balaban J connectivity index is 1.05. The van der Waals surface area contributed by atoms with Crippen LogP contribution in [0.4, 0.5) is 34.6 Å². The second-order valence-corrected chi connectivity index (χ2v) is 15.5. The third-order valence-corrected chi connectivity index (χ3v) is 11.4. The highest BCUT2D eigenvalue weighted by Crippen LogP contribution is 2.37. The van der Waals surface area contributed by atoms with Gasteiger partial charge < -0.3 is 25.8 Å². The molecule has 19 heteroatoms. The Morgan fingerprint density at radius 3 is 2.31 bits per heavy atom. The van der Waals surface area contributed by atoms with Gasteiger partial charge in [0.25, 0.3) is 23.6 Å². The third-order valence-electron chi connectivity index (χ3n) is 11.4. The van der Waals surface area contributed by atoms with Crippen molar-refractivity contribution in [2.75, 3.05) is 48.8 Å². The molecule has 4 heterocycles. The van der Waals surface area contributed by atoms with Crippen LogP contribution in [0.3, 0.4) is 0 Å². The van der Waals surface area contributed by atoms with Crippen molar-refractivity contribution >= 4 is 52.5 Å². The number of nitrogens with zero attached hydrogens (tertiary/aromatic N) is 3. The van der Waals surface area contributed by atoms with Gasteiger partial charge in [0.2, 0.25) is 17.4 Å². The lowest BCUT2D eigenvalue weighted by atomic mass is 9.99. The van der Waals surface area contributed by atoms with Crippen molar-refractivity contribution in [2.45, 2.75) is 57.4 Å². The van der Waals surface area contributed by atoms with Crippen LogP contribution in [0.2, 0.25) is 0 Å². The summed E-state index contributed by atoms with van der Waals surface area (Å²) in [4.78, 5) is 96.4. The Morgan fingerprint density at radius 2 is 1.60 bits per heavy atom. The monoisotopic (exact) mass is 858 g/mol. The van der Waals surface area contributed by atoms with Crippen LogP contribution in [0.1, 0.15) is 80.1 Å². The lowest BCUT2D eigenvalue weighted by Gasteiger charge is -2.44. The molecule has 3 aromatic carbocycles. The topological polar surface area (TPSA) is 193 Å². The molecule has 3 aliphatic rings. The van der Waals surface area contributed by atoms with E-state index in [0.717, 1.165) is 11.0 Å². The van der Waals surface area contributed by atoms with Gasteiger partial charge >= 0.3 is 6.18 Å². The van der Waals surface area contributed by atoms with Crippen LogP contribution in [0.5, 0.6) is 0 Å². The second kappa shape index (κ2) is 17.2. The van der Waals surface area contributed by atoms with Gasteiger partial charge in [0.05, 0.1) is 33.6 Å². The average Bonchev–Trinajstić information content (AvgIpc) is 3.48. The molecule has 62 heavy (non-hydrogen) atoms. The summed E-state index contributed by atoms with van der Waals surface area (Å²) >= 11 is 0. The number of fused-ring (bicyclic) bond motifs is 1. The first-order chi connectivity index (χ1) is 29.4. The smallest absolute Gasteiger partial charge is 0.384 e. The molecule has 0 saturated carbocycles. The van der Waals surface area contributed by atoms with E-state index >= 15 is 4.39 Å². The first-order valence-electron chi connectivity index (χ1n) is 19.8. The quantitative estimate of drug-likeness (QED) is 0.0809. The van der Waals surface area contributed by atoms with Gasteiger partial charge in [-0.15, -0.1) is 0 Å². The van der Waals surface area contributed by atoms with Crippen LogP contribution in [0.25, 0.3) is 11.1 Å². The lowest BCUT2D eigenvalue weighted by molar-refractivity contribution is -0.138. The fourth-order valence-electron chi connectivity index (χ4n) is 7.93. The van der Waals surface area contributed by atoms with Gasteiger partial charge in [-0.2, -0.15) is 13.2 Å². The molecule has 4 aromatic rings. The van der Waals surface area contributed by atoms with E-state index in [9.17, 15) is 46.7 Å². The number of H-pyrrole nitrogens is 1. The van der Waals surface area contributed by atoms with Crippen molar-refractivity contribution in [3.63, 3.8) is 0 Å². The Morgan fingerprint density at radius 1 is 0.855 bits per heavy atom. The van der Waals surface area contributed by atoms with Gasteiger partial charge in [0, 0.05) is 73.8 Å². The van der Waals surface area contributed by atoms with E-state index in [2.05, 4.69) is 31.2 Å². The first-order valence-corrected chi connectivity index (χ1v) is 19.8. The SMILES string of the molecule is C[C@@H]1CN(c2ccc(-c3cc(C(=O)NCCCNc4cccc5c4C(=O)N(C4CCC(=O)NC4=O)C5=O)ccc3F)cc2NC(=O)c2c[nH]c(=O)cc2C(F)(F)F)C[C@H](C)N1C. The molecule has 3 aliphatic heterocycles. The van der Waals surface area contributed by atoms with Crippen molar-refractivity contribution in [3.05, 3.63) is 111 Å². The number of piperazine rings is 1. The van der Waals surface area contributed by atoms with E-state index in [0.29, 0.717) is 43.1 Å². The fraction of sp³-hybridized carbons (Fsp3) is 0.326. The van der Waals surface area contributed by atoms with Crippen molar-refractivity contribution < 1.29 is 46.3 Å². The number of amides is 6. The summed E-state index contributed by atoms with van der Waals surface area (Å²) in [6.45, 7) is 5.41. The van der Waals surface area contributed by atoms with Crippen LogP contribution in [-0.4, -0.2) is 102 Å². The number of carbonyl (C=O) groups excluding carboxylic acids is 6. The Hall–Kier alpha value is -6.89. The molecule has 15 nitrogen and oxygen atoms in total. The van der Waals surface area contributed by atoms with Crippen LogP contribution in [0, 0.1) is 5.82 Å². The molecular formula is C43H42F4N8O7. The number of nitrogens with one attached hydrogen (secondary N) is 5. The van der Waals surface area contributed by atoms with Gasteiger partial charge in [0.15, 0.2) is 0 Å². The predicted molar refractivity (Wildman–Crippen MR) is 219 cm³/mol. The largest absolute Gasteiger partial charge is 0.417 e. The summed E-state index contributed by atoms with van der Waals surface area (Å²) in [5.41, 5.74) is -1.89. The molecule has 0 aliphatic carbocycles. The number of benzene rings is 3. The highest BCUT2D eigenvalue weighted by Gasteiger charge is 2.45. The molecule has 5 N–H and O–H groups in total. The van der Waals surface area contributed by atoms with Crippen LogP contribution in [0.15, 0.2) is 71.7 Å². The van der Waals surface area contributed by atoms with E-state index in [1.165, 1.54) is 24.3 Å². The zero-order valence-electron chi connectivity index (χ0n) is 33.7. The molecule has 1 unspecified atom stereocenters. The molecule has 6 amide bonds. The Labute approximate surface area is 351 Å². The van der Waals surface area contributed by atoms with E-state index in [-0.39, 0.29) is 71.5 Å². The summed E-state index contributed by atoms with van der Waals surface area (Å²) in [5, 5.41) is 10.6. The highest BCUT2D eigenvalue weighted by molar-refractivity contribution is 6.25. The fourth-order valence-corrected chi connectivity index (χ4v) is 7.93. The molecule has 0 spiro atoms. The zero-order valence-corrected chi connectivity index (χ0v) is 33.7. The van der Waals surface area contributed by atoms with Gasteiger partial charge in [-0.05, 0) is 81.8 Å². The average molecular weight is 859 g/mol. The Bertz CT molecular complexity index is 2550. The van der Waals surface area contributed by atoms with Gasteiger partial charge in [-0.25, -0.2) is 4.39 Å². The number of alkyl halides is 3. The predicted octanol–water partition coefficient (Wildman–Crippen LogP) is 4.61. The molecule has 2 fully saturated rings.